The fraction of sp³-hybridized carbons (Fsp3) is 0.714. The molecular weight excluding hydrogens is 393 g/mol. The van der Waals surface area contributed by atoms with Crippen molar-refractivity contribution in [2.75, 3.05) is 21.1 Å². The number of nitrogens with zero attached hydrogens (tertiary/aromatic N) is 1. The first-order chi connectivity index (χ1) is 9.60. The molecule has 0 radical (unpaired) electrons. The second-order valence-electron chi connectivity index (χ2n) is 10.2. The molecule has 0 aromatic heterocycles. The molecule has 23 heavy (non-hydrogen) atoms. The number of hydrogen-bond acceptors (Lipinski definition) is 0. The van der Waals surface area contributed by atoms with Crippen molar-refractivity contribution in [3.05, 3.63) is 29.3 Å². The zero-order valence-corrected chi connectivity index (χ0v) is 19.2. The van der Waals surface area contributed by atoms with Gasteiger partial charge >= 0.3 is 0 Å². The molecule has 0 bridgehead atoms. The number of quaternary nitrogens is 1. The topological polar surface area (TPSA) is 0 Å². The summed E-state index contributed by atoms with van der Waals surface area (Å²) in [6.07, 6.45) is 0. The SMILES string of the molecule is CC1(C)c2cccc([N+](C)(C)C)c2C(C)(C)C(C)(C)C1(C)C.[I-]. The summed E-state index contributed by atoms with van der Waals surface area (Å²) >= 11 is 0. The van der Waals surface area contributed by atoms with Crippen molar-refractivity contribution in [2.45, 2.75) is 66.2 Å². The summed E-state index contributed by atoms with van der Waals surface area (Å²) in [5.74, 6) is 0. The lowest BCUT2D eigenvalue weighted by molar-refractivity contribution is -0.0443. The van der Waals surface area contributed by atoms with Crippen LogP contribution in [0.5, 0.6) is 0 Å². The lowest BCUT2D eigenvalue weighted by Crippen LogP contribution is -3.00. The summed E-state index contributed by atoms with van der Waals surface area (Å²) < 4.78 is 0.874. The molecule has 0 spiro atoms. The Morgan fingerprint density at radius 2 is 1.13 bits per heavy atom. The zero-order valence-electron chi connectivity index (χ0n) is 17.1. The van der Waals surface area contributed by atoms with Crippen molar-refractivity contribution in [1.82, 2.24) is 4.48 Å². The van der Waals surface area contributed by atoms with Crippen LogP contribution in [0.15, 0.2) is 18.2 Å². The fourth-order valence-corrected chi connectivity index (χ4v) is 4.49. The Bertz CT molecular complexity index is 601. The molecule has 0 saturated carbocycles. The number of halogens is 1. The molecule has 0 heterocycles. The normalized spacial score (nSPS) is 23.6. The average molecular weight is 429 g/mol. The third-order valence-electron chi connectivity index (χ3n) is 7.75. The molecular formula is C21H36IN. The van der Waals surface area contributed by atoms with Gasteiger partial charge in [0.2, 0.25) is 0 Å². The maximum atomic E-state index is 2.46. The van der Waals surface area contributed by atoms with Crippen LogP contribution in [0.25, 0.3) is 0 Å². The summed E-state index contributed by atoms with van der Waals surface area (Å²) in [6.45, 7) is 19.6. The van der Waals surface area contributed by atoms with Gasteiger partial charge < -0.3 is 24.0 Å². The molecule has 1 aliphatic carbocycles. The minimum atomic E-state index is 0. The van der Waals surface area contributed by atoms with Gasteiger partial charge in [-0.05, 0) is 27.9 Å². The van der Waals surface area contributed by atoms with E-state index < -0.39 is 0 Å². The van der Waals surface area contributed by atoms with Crippen LogP contribution in [0.2, 0.25) is 0 Å². The first-order valence-electron chi connectivity index (χ1n) is 8.56. The van der Waals surface area contributed by atoms with E-state index in [9.17, 15) is 0 Å². The predicted octanol–water partition coefficient (Wildman–Crippen LogP) is 2.51. The predicted molar refractivity (Wildman–Crippen MR) is 99.6 cm³/mol. The lowest BCUT2D eigenvalue weighted by atomic mass is 9.40. The summed E-state index contributed by atoms with van der Waals surface area (Å²) in [4.78, 5) is 0. The van der Waals surface area contributed by atoms with Gasteiger partial charge in [-0.25, -0.2) is 0 Å². The van der Waals surface area contributed by atoms with Gasteiger partial charge in [0.05, 0.1) is 21.1 Å². The minimum Gasteiger partial charge on any atom is -1.00 e. The average Bonchev–Trinajstić information content (AvgIpc) is 2.34. The van der Waals surface area contributed by atoms with Gasteiger partial charge in [-0.2, -0.15) is 0 Å². The van der Waals surface area contributed by atoms with Crippen LogP contribution in [0, 0.1) is 10.8 Å². The van der Waals surface area contributed by atoms with Gasteiger partial charge in [-0.1, -0.05) is 67.5 Å². The van der Waals surface area contributed by atoms with Crippen molar-refractivity contribution >= 4 is 5.69 Å². The molecule has 1 aromatic carbocycles. The molecule has 1 aliphatic rings. The molecule has 0 unspecified atom stereocenters. The van der Waals surface area contributed by atoms with Crippen LogP contribution < -0.4 is 28.5 Å². The molecule has 0 fully saturated rings. The molecule has 132 valence electrons. The van der Waals surface area contributed by atoms with Crippen molar-refractivity contribution in [2.24, 2.45) is 10.8 Å². The van der Waals surface area contributed by atoms with E-state index >= 15 is 0 Å². The third kappa shape index (κ3) is 2.50. The molecule has 1 nitrogen and oxygen atoms in total. The number of fused-ring (bicyclic) bond motifs is 1. The fourth-order valence-electron chi connectivity index (χ4n) is 4.49. The largest absolute Gasteiger partial charge is 1.00 e. The van der Waals surface area contributed by atoms with E-state index in [1.165, 1.54) is 11.3 Å². The van der Waals surface area contributed by atoms with Crippen molar-refractivity contribution in [3.8, 4) is 0 Å². The highest BCUT2D eigenvalue weighted by atomic mass is 127. The summed E-state index contributed by atoms with van der Waals surface area (Å²) in [7, 11) is 6.85. The second kappa shape index (κ2) is 5.45. The minimum absolute atomic E-state index is 0. The van der Waals surface area contributed by atoms with Crippen molar-refractivity contribution in [3.63, 3.8) is 0 Å². The molecule has 0 N–H and O–H groups in total. The molecule has 0 saturated heterocycles. The van der Waals surface area contributed by atoms with Crippen LogP contribution in [-0.4, -0.2) is 21.1 Å². The van der Waals surface area contributed by atoms with E-state index in [4.69, 9.17) is 0 Å². The van der Waals surface area contributed by atoms with Gasteiger partial charge in [0.15, 0.2) is 0 Å². The van der Waals surface area contributed by atoms with E-state index in [-0.39, 0.29) is 45.6 Å². The van der Waals surface area contributed by atoms with Crippen LogP contribution in [0.3, 0.4) is 0 Å². The quantitative estimate of drug-likeness (QED) is 0.476. The van der Waals surface area contributed by atoms with E-state index in [0.29, 0.717) is 0 Å². The highest BCUT2D eigenvalue weighted by Crippen LogP contribution is 2.66. The first-order valence-corrected chi connectivity index (χ1v) is 8.56. The Kier molecular flexibility index (Phi) is 4.97. The van der Waals surface area contributed by atoms with Gasteiger partial charge in [0, 0.05) is 11.0 Å². The Morgan fingerprint density at radius 1 is 0.696 bits per heavy atom. The van der Waals surface area contributed by atoms with E-state index in [1.807, 2.05) is 0 Å². The van der Waals surface area contributed by atoms with Gasteiger partial charge in [0.1, 0.15) is 5.69 Å². The monoisotopic (exact) mass is 429 g/mol. The molecule has 0 atom stereocenters. The van der Waals surface area contributed by atoms with E-state index in [0.717, 1.165) is 4.48 Å². The van der Waals surface area contributed by atoms with Crippen LogP contribution in [0.4, 0.5) is 5.69 Å². The number of rotatable bonds is 1. The smallest absolute Gasteiger partial charge is 0.136 e. The zero-order chi connectivity index (χ0) is 17.4. The summed E-state index contributed by atoms with van der Waals surface area (Å²) in [5.41, 5.74) is 5.24. The molecule has 2 heteroatoms. The Hall–Kier alpha value is -0.0900. The van der Waals surface area contributed by atoms with Crippen LogP contribution in [-0.2, 0) is 10.8 Å². The van der Waals surface area contributed by atoms with E-state index in [2.05, 4.69) is 94.7 Å². The standard InChI is InChI=1S/C21H36N.HI/c1-18(2)15-13-12-14-16(22(9,10)11)17(15)19(3,4)21(7,8)20(18,5)6;/h12-14H,1-11H3;1H/q+1;/p-1. The van der Waals surface area contributed by atoms with Crippen molar-refractivity contribution < 1.29 is 24.0 Å². The Morgan fingerprint density at radius 3 is 1.57 bits per heavy atom. The maximum Gasteiger partial charge on any atom is 0.136 e. The molecule has 1 aromatic rings. The van der Waals surface area contributed by atoms with Crippen LogP contribution >= 0.6 is 0 Å². The lowest BCUT2D eigenvalue weighted by Gasteiger charge is -2.64. The maximum absolute atomic E-state index is 2.46. The number of benzene rings is 1. The molecule has 2 rings (SSSR count). The Balaban J connectivity index is 0.00000264. The summed E-state index contributed by atoms with van der Waals surface area (Å²) in [5, 5.41) is 0. The van der Waals surface area contributed by atoms with Gasteiger partial charge in [0.25, 0.3) is 0 Å². The third-order valence-corrected chi connectivity index (χ3v) is 7.75. The van der Waals surface area contributed by atoms with Crippen LogP contribution in [0.1, 0.15) is 66.5 Å². The molecule has 0 amide bonds. The molecule has 0 aliphatic heterocycles. The van der Waals surface area contributed by atoms with Gasteiger partial charge in [-0.3, -0.25) is 4.48 Å². The first kappa shape index (κ1) is 21.0. The summed E-state index contributed by atoms with van der Waals surface area (Å²) in [6, 6.07) is 6.95. The highest BCUT2D eigenvalue weighted by Gasteiger charge is 2.61. The van der Waals surface area contributed by atoms with Gasteiger partial charge in [-0.15, -0.1) is 0 Å². The highest BCUT2D eigenvalue weighted by molar-refractivity contribution is 5.61. The van der Waals surface area contributed by atoms with E-state index in [1.54, 1.807) is 5.56 Å². The van der Waals surface area contributed by atoms with Crippen molar-refractivity contribution in [1.29, 1.82) is 0 Å². The second-order valence-corrected chi connectivity index (χ2v) is 10.2. The number of hydrogen-bond donors (Lipinski definition) is 0. The Labute approximate surface area is 161 Å².